The maximum Gasteiger partial charge on any atom is 0.251 e. The van der Waals surface area contributed by atoms with E-state index in [0.717, 1.165) is 22.5 Å². The van der Waals surface area contributed by atoms with Gasteiger partial charge in [0.15, 0.2) is 0 Å². The summed E-state index contributed by atoms with van der Waals surface area (Å²) in [6.45, 7) is 1.94. The molecule has 2 N–H and O–H groups in total. The molecule has 6 heteroatoms. The van der Waals surface area contributed by atoms with Crippen LogP contribution in [0.5, 0.6) is 0 Å². The van der Waals surface area contributed by atoms with Crippen LogP contribution in [0.4, 0.5) is 5.69 Å². The molecule has 0 fully saturated rings. The van der Waals surface area contributed by atoms with Crippen LogP contribution in [0, 0.1) is 6.92 Å². The summed E-state index contributed by atoms with van der Waals surface area (Å²) in [5.74, 6) is -0.566. The molecule has 4 rings (SSSR count). The smallest absolute Gasteiger partial charge is 0.251 e. The van der Waals surface area contributed by atoms with Crippen LogP contribution in [0.15, 0.2) is 79.1 Å². The number of hydrogen-bond acceptors (Lipinski definition) is 3. The summed E-state index contributed by atoms with van der Waals surface area (Å²) in [6.07, 6.45) is 3.96. The number of carbonyl (C=O) groups is 2. The first-order valence-corrected chi connectivity index (χ1v) is 9.27. The number of hydrogen-bond donors (Lipinski definition) is 2. The van der Waals surface area contributed by atoms with Gasteiger partial charge in [-0.15, -0.1) is 0 Å². The fourth-order valence-corrected chi connectivity index (χ4v) is 3.00. The second-order valence-electron chi connectivity index (χ2n) is 6.77. The number of aromatic nitrogens is 2. The third kappa shape index (κ3) is 4.32. The highest BCUT2D eigenvalue weighted by molar-refractivity contribution is 5.99. The van der Waals surface area contributed by atoms with E-state index in [1.165, 1.54) is 0 Å². The summed E-state index contributed by atoms with van der Waals surface area (Å²) in [5.41, 5.74) is 5.06. The van der Waals surface area contributed by atoms with Crippen LogP contribution in [-0.2, 0) is 4.79 Å². The zero-order chi connectivity index (χ0) is 20.2. The van der Waals surface area contributed by atoms with Crippen LogP contribution >= 0.6 is 0 Å². The number of aryl methyl sites for hydroxylation is 1. The highest BCUT2D eigenvalue weighted by Gasteiger charge is 2.09. The lowest BCUT2D eigenvalue weighted by Gasteiger charge is -2.07. The average molecular weight is 384 g/mol. The highest BCUT2D eigenvalue weighted by atomic mass is 16.2. The lowest BCUT2D eigenvalue weighted by atomic mass is 10.1. The molecule has 6 nitrogen and oxygen atoms in total. The molecule has 0 aliphatic rings. The van der Waals surface area contributed by atoms with Gasteiger partial charge < -0.3 is 15.0 Å². The number of rotatable bonds is 5. The number of imidazole rings is 1. The molecule has 2 aromatic carbocycles. The van der Waals surface area contributed by atoms with Gasteiger partial charge in [-0.1, -0.05) is 30.3 Å². The average Bonchev–Trinajstić information content (AvgIpc) is 3.16. The summed E-state index contributed by atoms with van der Waals surface area (Å²) in [4.78, 5) is 28.7. The number of nitrogens with zero attached hydrogens (tertiary/aromatic N) is 2. The molecule has 144 valence electrons. The number of benzene rings is 2. The Hall–Kier alpha value is -3.93. The number of nitrogens with one attached hydrogen (secondary N) is 2. The summed E-state index contributed by atoms with van der Waals surface area (Å²) in [7, 11) is 0. The van der Waals surface area contributed by atoms with Gasteiger partial charge in [0.1, 0.15) is 5.65 Å². The minimum atomic E-state index is -0.287. The topological polar surface area (TPSA) is 75.5 Å². The Bertz CT molecular complexity index is 1160. The minimum Gasteiger partial charge on any atom is -0.343 e. The Labute approximate surface area is 168 Å². The van der Waals surface area contributed by atoms with Gasteiger partial charge in [0.05, 0.1) is 12.2 Å². The molecule has 0 bridgehead atoms. The van der Waals surface area contributed by atoms with Gasteiger partial charge in [-0.25, -0.2) is 4.98 Å². The highest BCUT2D eigenvalue weighted by Crippen LogP contribution is 2.21. The van der Waals surface area contributed by atoms with Crippen molar-refractivity contribution in [3.05, 3.63) is 90.3 Å². The van der Waals surface area contributed by atoms with Crippen molar-refractivity contribution in [2.24, 2.45) is 0 Å². The van der Waals surface area contributed by atoms with Gasteiger partial charge in [-0.2, -0.15) is 0 Å². The first-order chi connectivity index (χ1) is 14.1. The maximum absolute atomic E-state index is 12.1. The predicted molar refractivity (Wildman–Crippen MR) is 113 cm³/mol. The molecule has 2 amide bonds. The van der Waals surface area contributed by atoms with Crippen LogP contribution in [0.2, 0.25) is 0 Å². The number of anilines is 1. The fraction of sp³-hybridized carbons (Fsp3) is 0.0870. The maximum atomic E-state index is 12.1. The second-order valence-corrected chi connectivity index (χ2v) is 6.77. The van der Waals surface area contributed by atoms with Crippen LogP contribution < -0.4 is 10.6 Å². The molecule has 0 saturated carbocycles. The molecular weight excluding hydrogens is 364 g/mol. The van der Waals surface area contributed by atoms with E-state index >= 15 is 0 Å². The lowest BCUT2D eigenvalue weighted by Crippen LogP contribution is -2.32. The number of carbonyl (C=O) groups excluding carboxylic acids is 2. The zero-order valence-corrected chi connectivity index (χ0v) is 15.9. The molecule has 0 radical (unpaired) electrons. The molecule has 0 unspecified atom stereocenters. The van der Waals surface area contributed by atoms with Crippen molar-refractivity contribution in [1.82, 2.24) is 14.7 Å². The molecule has 0 saturated heterocycles. The molecule has 0 atom stereocenters. The van der Waals surface area contributed by atoms with E-state index in [4.69, 9.17) is 0 Å². The van der Waals surface area contributed by atoms with E-state index in [0.29, 0.717) is 11.3 Å². The van der Waals surface area contributed by atoms with E-state index in [1.807, 2.05) is 66.2 Å². The second kappa shape index (κ2) is 7.98. The third-order valence-corrected chi connectivity index (χ3v) is 4.53. The van der Waals surface area contributed by atoms with E-state index in [-0.39, 0.29) is 18.4 Å². The number of pyridine rings is 1. The largest absolute Gasteiger partial charge is 0.343 e. The standard InChI is InChI=1S/C23H20N4O2/c1-16-11-12-27-15-20(26-21(27)13-16)17-7-9-19(10-8-17)25-22(28)14-24-23(29)18-5-3-2-4-6-18/h2-13,15H,14H2,1H3,(H,24,29)(H,25,28). The van der Waals surface area contributed by atoms with Crippen LogP contribution in [0.3, 0.4) is 0 Å². The van der Waals surface area contributed by atoms with Crippen molar-refractivity contribution in [2.45, 2.75) is 6.92 Å². The van der Waals surface area contributed by atoms with Crippen molar-refractivity contribution in [3.63, 3.8) is 0 Å². The minimum absolute atomic E-state index is 0.0960. The molecule has 0 spiro atoms. The van der Waals surface area contributed by atoms with Gasteiger partial charge >= 0.3 is 0 Å². The number of fused-ring (bicyclic) bond motifs is 1. The Balaban J connectivity index is 1.37. The molecular formula is C23H20N4O2. The van der Waals surface area contributed by atoms with Crippen molar-refractivity contribution in [1.29, 1.82) is 0 Å². The van der Waals surface area contributed by atoms with Gasteiger partial charge in [0.25, 0.3) is 5.91 Å². The number of amides is 2. The Morgan fingerprint density at radius 3 is 2.52 bits per heavy atom. The molecule has 2 heterocycles. The van der Waals surface area contributed by atoms with Crippen molar-refractivity contribution in [2.75, 3.05) is 11.9 Å². The summed E-state index contributed by atoms with van der Waals surface area (Å²) < 4.78 is 1.98. The monoisotopic (exact) mass is 384 g/mol. The first kappa shape index (κ1) is 18.4. The van der Waals surface area contributed by atoms with E-state index in [1.54, 1.807) is 24.3 Å². The predicted octanol–water partition coefficient (Wildman–Crippen LogP) is 3.68. The lowest BCUT2D eigenvalue weighted by molar-refractivity contribution is -0.115. The normalized spacial score (nSPS) is 10.7. The van der Waals surface area contributed by atoms with Gasteiger partial charge in [-0.3, -0.25) is 9.59 Å². The van der Waals surface area contributed by atoms with Crippen molar-refractivity contribution >= 4 is 23.1 Å². The molecule has 0 aliphatic carbocycles. The molecule has 0 aliphatic heterocycles. The van der Waals surface area contributed by atoms with Crippen molar-refractivity contribution in [3.8, 4) is 11.3 Å². The Kier molecular flexibility index (Phi) is 5.07. The Morgan fingerprint density at radius 1 is 1.00 bits per heavy atom. The van der Waals surface area contributed by atoms with Crippen LogP contribution in [0.1, 0.15) is 15.9 Å². The van der Waals surface area contributed by atoms with Gasteiger partial charge in [-0.05, 0) is 48.9 Å². The summed E-state index contributed by atoms with van der Waals surface area (Å²) >= 11 is 0. The van der Waals surface area contributed by atoms with E-state index < -0.39 is 0 Å². The molecule has 4 aromatic rings. The summed E-state index contributed by atoms with van der Waals surface area (Å²) in [5, 5.41) is 5.39. The van der Waals surface area contributed by atoms with Crippen molar-refractivity contribution < 1.29 is 9.59 Å². The van der Waals surface area contributed by atoms with Gasteiger partial charge in [0.2, 0.25) is 5.91 Å². The summed E-state index contributed by atoms with van der Waals surface area (Å²) in [6, 6.07) is 20.3. The quantitative estimate of drug-likeness (QED) is 0.551. The van der Waals surface area contributed by atoms with Crippen LogP contribution in [-0.4, -0.2) is 27.7 Å². The molecule has 29 heavy (non-hydrogen) atoms. The first-order valence-electron chi connectivity index (χ1n) is 9.27. The SMILES string of the molecule is Cc1ccn2cc(-c3ccc(NC(=O)CNC(=O)c4ccccc4)cc3)nc2c1. The Morgan fingerprint density at radius 2 is 1.76 bits per heavy atom. The third-order valence-electron chi connectivity index (χ3n) is 4.53. The fourth-order valence-electron chi connectivity index (χ4n) is 3.00. The zero-order valence-electron chi connectivity index (χ0n) is 15.9. The van der Waals surface area contributed by atoms with E-state index in [9.17, 15) is 9.59 Å². The van der Waals surface area contributed by atoms with Crippen LogP contribution in [0.25, 0.3) is 16.9 Å². The van der Waals surface area contributed by atoms with Gasteiger partial charge in [0, 0.05) is 29.2 Å². The molecule has 2 aromatic heterocycles. The van der Waals surface area contributed by atoms with E-state index in [2.05, 4.69) is 15.6 Å².